The summed E-state index contributed by atoms with van der Waals surface area (Å²) >= 11 is 0. The number of aromatic nitrogens is 6. The first-order chi connectivity index (χ1) is 13.1. The summed E-state index contributed by atoms with van der Waals surface area (Å²) in [5.41, 5.74) is 0.757. The number of hydrogen-bond acceptors (Lipinski definition) is 8. The zero-order valence-electron chi connectivity index (χ0n) is 14.8. The maximum Gasteiger partial charge on any atom is 0.358 e. The van der Waals surface area contributed by atoms with Gasteiger partial charge in [0.1, 0.15) is 5.82 Å². The van der Waals surface area contributed by atoms with Gasteiger partial charge in [0.2, 0.25) is 0 Å². The van der Waals surface area contributed by atoms with Crippen LogP contribution in [-0.4, -0.2) is 54.3 Å². The second kappa shape index (κ2) is 7.14. The average Bonchev–Trinajstić information content (AvgIpc) is 3.31. The monoisotopic (exact) mass is 369 g/mol. The number of carboxylic acid groups (broad SMARTS) is 1. The van der Waals surface area contributed by atoms with Crippen LogP contribution in [0.4, 0.5) is 5.82 Å². The van der Waals surface area contributed by atoms with Gasteiger partial charge >= 0.3 is 5.97 Å². The normalized spacial score (nSPS) is 17.2. The van der Waals surface area contributed by atoms with E-state index >= 15 is 0 Å². The van der Waals surface area contributed by atoms with Crippen molar-refractivity contribution in [1.29, 1.82) is 0 Å². The molecule has 1 aliphatic rings. The Balaban J connectivity index is 1.42. The summed E-state index contributed by atoms with van der Waals surface area (Å²) in [5.74, 6) is 1.23. The fourth-order valence-electron chi connectivity index (χ4n) is 3.29. The molecule has 1 N–H and O–H groups in total. The van der Waals surface area contributed by atoms with Gasteiger partial charge in [-0.1, -0.05) is 10.4 Å². The van der Waals surface area contributed by atoms with E-state index in [1.807, 2.05) is 12.1 Å². The van der Waals surface area contributed by atoms with Crippen LogP contribution >= 0.6 is 0 Å². The van der Waals surface area contributed by atoms with Gasteiger partial charge < -0.3 is 14.5 Å². The predicted octanol–water partition coefficient (Wildman–Crippen LogP) is 1.65. The van der Waals surface area contributed by atoms with Crippen molar-refractivity contribution in [3.8, 4) is 11.5 Å². The van der Waals surface area contributed by atoms with Crippen molar-refractivity contribution in [3.63, 3.8) is 0 Å². The summed E-state index contributed by atoms with van der Waals surface area (Å²) in [6.07, 6.45) is 5.30. The van der Waals surface area contributed by atoms with E-state index < -0.39 is 5.97 Å². The molecule has 1 unspecified atom stereocenters. The minimum Gasteiger partial charge on any atom is -0.476 e. The van der Waals surface area contributed by atoms with E-state index in [4.69, 9.17) is 9.63 Å². The lowest BCUT2D eigenvalue weighted by atomic mass is 9.98. The Labute approximate surface area is 154 Å². The Morgan fingerprint density at radius 3 is 2.96 bits per heavy atom. The minimum atomic E-state index is -1.06. The van der Waals surface area contributed by atoms with Gasteiger partial charge in [0, 0.05) is 25.8 Å². The molecule has 1 atom stereocenters. The van der Waals surface area contributed by atoms with E-state index in [9.17, 15) is 4.79 Å². The molecule has 3 aromatic rings. The zero-order chi connectivity index (χ0) is 18.8. The first-order valence-electron chi connectivity index (χ1n) is 8.73. The van der Waals surface area contributed by atoms with Gasteiger partial charge in [-0.3, -0.25) is 4.68 Å². The van der Waals surface area contributed by atoms with E-state index in [1.54, 1.807) is 17.8 Å². The molecule has 4 heterocycles. The molecule has 0 amide bonds. The molecule has 0 spiro atoms. The van der Waals surface area contributed by atoms with E-state index in [1.165, 1.54) is 6.20 Å². The molecule has 0 bridgehead atoms. The van der Waals surface area contributed by atoms with Crippen molar-refractivity contribution < 1.29 is 14.4 Å². The van der Waals surface area contributed by atoms with Crippen LogP contribution in [0.1, 0.15) is 29.2 Å². The summed E-state index contributed by atoms with van der Waals surface area (Å²) in [5, 5.41) is 20.3. The summed E-state index contributed by atoms with van der Waals surface area (Å²) in [6, 6.07) is 3.88. The van der Waals surface area contributed by atoms with Crippen molar-refractivity contribution in [1.82, 2.24) is 30.1 Å². The Hall–Kier alpha value is -3.30. The topological polar surface area (TPSA) is 123 Å². The first kappa shape index (κ1) is 17.1. The van der Waals surface area contributed by atoms with Gasteiger partial charge in [-0.05, 0) is 37.8 Å². The number of aryl methyl sites for hydroxylation is 1. The van der Waals surface area contributed by atoms with Gasteiger partial charge in [-0.25, -0.2) is 9.78 Å². The van der Waals surface area contributed by atoms with Gasteiger partial charge in [-0.2, -0.15) is 4.98 Å². The molecule has 1 fully saturated rings. The quantitative estimate of drug-likeness (QED) is 0.715. The molecule has 1 aliphatic heterocycles. The van der Waals surface area contributed by atoms with E-state index in [-0.39, 0.29) is 5.69 Å². The molecule has 0 aromatic carbocycles. The number of aromatic carboxylic acids is 1. The number of anilines is 1. The third-order valence-electron chi connectivity index (χ3n) is 4.57. The number of nitrogens with zero attached hydrogens (tertiary/aromatic N) is 7. The van der Waals surface area contributed by atoms with E-state index in [0.29, 0.717) is 24.2 Å². The Kier molecular flexibility index (Phi) is 4.53. The molecular formula is C17H19N7O3. The summed E-state index contributed by atoms with van der Waals surface area (Å²) in [6.45, 7) is 4.17. The van der Waals surface area contributed by atoms with E-state index in [0.717, 1.165) is 37.3 Å². The second-order valence-electron chi connectivity index (χ2n) is 6.64. The van der Waals surface area contributed by atoms with Crippen LogP contribution < -0.4 is 4.90 Å². The van der Waals surface area contributed by atoms with Crippen molar-refractivity contribution in [2.75, 3.05) is 18.0 Å². The number of carbonyl (C=O) groups is 1. The van der Waals surface area contributed by atoms with Crippen molar-refractivity contribution in [2.24, 2.45) is 5.92 Å². The Morgan fingerprint density at radius 1 is 1.41 bits per heavy atom. The lowest BCUT2D eigenvalue weighted by Crippen LogP contribution is -2.37. The van der Waals surface area contributed by atoms with E-state index in [2.05, 4.69) is 30.3 Å². The van der Waals surface area contributed by atoms with Crippen LogP contribution in [-0.2, 0) is 6.54 Å². The van der Waals surface area contributed by atoms with Gasteiger partial charge in [0.15, 0.2) is 11.5 Å². The molecule has 0 aliphatic carbocycles. The number of hydrogen-bond donors (Lipinski definition) is 1. The fraction of sp³-hybridized carbons (Fsp3) is 0.412. The lowest BCUT2D eigenvalue weighted by Gasteiger charge is -2.33. The number of pyridine rings is 1. The largest absolute Gasteiger partial charge is 0.476 e. The summed E-state index contributed by atoms with van der Waals surface area (Å²) in [4.78, 5) is 21.9. The van der Waals surface area contributed by atoms with Crippen LogP contribution in [0, 0.1) is 12.8 Å². The second-order valence-corrected chi connectivity index (χ2v) is 6.64. The van der Waals surface area contributed by atoms with Crippen LogP contribution in [0.5, 0.6) is 0 Å². The van der Waals surface area contributed by atoms with Crippen LogP contribution in [0.3, 0.4) is 0 Å². The maximum absolute atomic E-state index is 10.9. The molecule has 0 saturated carbocycles. The molecule has 1 saturated heterocycles. The van der Waals surface area contributed by atoms with Gasteiger partial charge in [0.25, 0.3) is 5.89 Å². The fourth-order valence-corrected chi connectivity index (χ4v) is 3.29. The molecule has 10 nitrogen and oxygen atoms in total. The highest BCUT2D eigenvalue weighted by Crippen LogP contribution is 2.24. The SMILES string of the molecule is Cc1noc(-c2ccc(N3CCCC(Cn4cc(C(=O)O)nn4)C3)nc2)n1. The smallest absolute Gasteiger partial charge is 0.358 e. The van der Waals surface area contributed by atoms with Crippen molar-refractivity contribution in [3.05, 3.63) is 36.0 Å². The third-order valence-corrected chi connectivity index (χ3v) is 4.57. The van der Waals surface area contributed by atoms with Crippen LogP contribution in [0.25, 0.3) is 11.5 Å². The Bertz CT molecular complexity index is 934. The predicted molar refractivity (Wildman–Crippen MR) is 94.2 cm³/mol. The van der Waals surface area contributed by atoms with Gasteiger partial charge in [0.05, 0.1) is 11.8 Å². The molecule has 140 valence electrons. The molecule has 4 rings (SSSR count). The molecule has 27 heavy (non-hydrogen) atoms. The average molecular weight is 369 g/mol. The molecule has 3 aromatic heterocycles. The number of carboxylic acids is 1. The van der Waals surface area contributed by atoms with Gasteiger partial charge in [-0.15, -0.1) is 5.10 Å². The first-order valence-corrected chi connectivity index (χ1v) is 8.73. The highest BCUT2D eigenvalue weighted by molar-refractivity contribution is 5.84. The standard InChI is InChI=1S/C17H19N7O3/c1-11-19-16(27-21-11)13-4-5-15(18-7-13)23-6-2-3-12(8-23)9-24-10-14(17(25)26)20-22-24/h4-5,7,10,12H,2-3,6,8-9H2,1H3,(H,25,26). The number of piperidine rings is 1. The minimum absolute atomic E-state index is 0.0313. The van der Waals surface area contributed by atoms with Crippen LogP contribution in [0.2, 0.25) is 0 Å². The molecular weight excluding hydrogens is 350 g/mol. The Morgan fingerprint density at radius 2 is 2.30 bits per heavy atom. The highest BCUT2D eigenvalue weighted by atomic mass is 16.5. The van der Waals surface area contributed by atoms with Crippen LogP contribution in [0.15, 0.2) is 29.0 Å². The third kappa shape index (κ3) is 3.78. The molecule has 0 radical (unpaired) electrons. The summed E-state index contributed by atoms with van der Waals surface area (Å²) in [7, 11) is 0. The summed E-state index contributed by atoms with van der Waals surface area (Å²) < 4.78 is 6.77. The maximum atomic E-state index is 10.9. The molecule has 10 heteroatoms. The van der Waals surface area contributed by atoms with Crippen molar-refractivity contribution in [2.45, 2.75) is 26.3 Å². The highest BCUT2D eigenvalue weighted by Gasteiger charge is 2.22. The lowest BCUT2D eigenvalue weighted by molar-refractivity contribution is 0.0690. The number of rotatable bonds is 5. The zero-order valence-corrected chi connectivity index (χ0v) is 14.8. The van der Waals surface area contributed by atoms with Crippen molar-refractivity contribution >= 4 is 11.8 Å².